The second kappa shape index (κ2) is 7.74. The van der Waals surface area contributed by atoms with Crippen LogP contribution in [-0.4, -0.2) is 65.2 Å². The van der Waals surface area contributed by atoms with Crippen molar-refractivity contribution in [3.8, 4) is 0 Å². The van der Waals surface area contributed by atoms with Crippen molar-refractivity contribution in [2.24, 2.45) is 0 Å². The molecular formula is C16H29N5O. The number of aromatic nitrogens is 2. The molecule has 1 aromatic rings. The summed E-state index contributed by atoms with van der Waals surface area (Å²) in [5.74, 6) is 0.126. The molecule has 22 heavy (non-hydrogen) atoms. The fraction of sp³-hybridized carbons (Fsp3) is 0.750. The summed E-state index contributed by atoms with van der Waals surface area (Å²) < 4.78 is 0. The van der Waals surface area contributed by atoms with E-state index in [0.717, 1.165) is 49.6 Å². The first-order chi connectivity index (χ1) is 10.5. The molecule has 2 rings (SSSR count). The van der Waals surface area contributed by atoms with Gasteiger partial charge in [0.2, 0.25) is 5.91 Å². The summed E-state index contributed by atoms with van der Waals surface area (Å²) in [5, 5.41) is 10.1. The van der Waals surface area contributed by atoms with E-state index in [9.17, 15) is 4.79 Å². The number of nitrogens with one attached hydrogen (secondary N) is 2. The molecule has 0 radical (unpaired) electrons. The van der Waals surface area contributed by atoms with E-state index in [1.165, 1.54) is 0 Å². The summed E-state index contributed by atoms with van der Waals surface area (Å²) in [7, 11) is 2.16. The van der Waals surface area contributed by atoms with Crippen LogP contribution in [0.15, 0.2) is 0 Å². The highest BCUT2D eigenvalue weighted by Crippen LogP contribution is 2.11. The van der Waals surface area contributed by atoms with Crippen molar-refractivity contribution in [3.63, 3.8) is 0 Å². The van der Waals surface area contributed by atoms with Crippen LogP contribution in [0.3, 0.4) is 0 Å². The van der Waals surface area contributed by atoms with E-state index < -0.39 is 0 Å². The highest BCUT2D eigenvalue weighted by molar-refractivity contribution is 5.75. The number of piperazine rings is 1. The SMILES string of the molecule is Cc1n[nH]c(C)c1CNC(=O)CC[C@@H](C)N1CCN(C)CC1. The molecule has 0 bridgehead atoms. The van der Waals surface area contributed by atoms with Crippen LogP contribution in [0.4, 0.5) is 0 Å². The van der Waals surface area contributed by atoms with E-state index >= 15 is 0 Å². The third kappa shape index (κ3) is 4.55. The summed E-state index contributed by atoms with van der Waals surface area (Å²) in [5.41, 5.74) is 3.09. The Morgan fingerprint density at radius 3 is 2.59 bits per heavy atom. The number of likely N-dealkylation sites (N-methyl/N-ethyl adjacent to an activating group) is 1. The van der Waals surface area contributed by atoms with Gasteiger partial charge in [0.15, 0.2) is 0 Å². The van der Waals surface area contributed by atoms with E-state index in [1.807, 2.05) is 13.8 Å². The largest absolute Gasteiger partial charge is 0.352 e. The zero-order chi connectivity index (χ0) is 16.1. The molecule has 0 aliphatic carbocycles. The monoisotopic (exact) mass is 307 g/mol. The van der Waals surface area contributed by atoms with Gasteiger partial charge in [-0.2, -0.15) is 5.10 Å². The van der Waals surface area contributed by atoms with Gasteiger partial charge in [-0.05, 0) is 34.2 Å². The van der Waals surface area contributed by atoms with Crippen LogP contribution in [0.5, 0.6) is 0 Å². The lowest BCUT2D eigenvalue weighted by atomic mass is 10.1. The van der Waals surface area contributed by atoms with Crippen LogP contribution in [-0.2, 0) is 11.3 Å². The molecule has 124 valence electrons. The minimum Gasteiger partial charge on any atom is -0.352 e. The maximum absolute atomic E-state index is 12.0. The van der Waals surface area contributed by atoms with Crippen LogP contribution in [0, 0.1) is 13.8 Å². The van der Waals surface area contributed by atoms with Crippen molar-refractivity contribution in [2.45, 2.75) is 46.2 Å². The van der Waals surface area contributed by atoms with Crippen molar-refractivity contribution in [1.29, 1.82) is 0 Å². The Balaban J connectivity index is 1.69. The predicted molar refractivity (Wildman–Crippen MR) is 87.7 cm³/mol. The van der Waals surface area contributed by atoms with Crippen molar-refractivity contribution in [2.75, 3.05) is 33.2 Å². The topological polar surface area (TPSA) is 64.3 Å². The van der Waals surface area contributed by atoms with Gasteiger partial charge in [0.1, 0.15) is 0 Å². The van der Waals surface area contributed by atoms with Gasteiger partial charge >= 0.3 is 0 Å². The Bertz CT molecular complexity index is 471. The van der Waals surface area contributed by atoms with Gasteiger partial charge in [0.05, 0.1) is 5.69 Å². The Morgan fingerprint density at radius 2 is 2.00 bits per heavy atom. The van der Waals surface area contributed by atoms with E-state index in [4.69, 9.17) is 0 Å². The van der Waals surface area contributed by atoms with Crippen LogP contribution in [0.25, 0.3) is 0 Å². The standard InChI is InChI=1S/C16H29N5O/c1-12(21-9-7-20(4)8-10-21)5-6-16(22)17-11-15-13(2)18-19-14(15)3/h12H,5-11H2,1-4H3,(H,17,22)(H,18,19)/t12-/m1/s1. The van der Waals surface area contributed by atoms with Gasteiger partial charge in [-0.1, -0.05) is 0 Å². The minimum absolute atomic E-state index is 0.126. The number of nitrogens with zero attached hydrogens (tertiary/aromatic N) is 3. The number of aromatic amines is 1. The Labute approximate surface area is 133 Å². The Kier molecular flexibility index (Phi) is 5.97. The number of carbonyl (C=O) groups excluding carboxylic acids is 1. The second-order valence-corrected chi connectivity index (χ2v) is 6.42. The molecule has 1 saturated heterocycles. The molecule has 1 atom stereocenters. The average Bonchev–Trinajstić information content (AvgIpc) is 2.82. The van der Waals surface area contributed by atoms with Crippen molar-refractivity contribution in [1.82, 2.24) is 25.3 Å². The summed E-state index contributed by atoms with van der Waals surface area (Å²) in [6, 6.07) is 0.469. The average molecular weight is 307 g/mol. The zero-order valence-corrected chi connectivity index (χ0v) is 14.3. The molecular weight excluding hydrogens is 278 g/mol. The summed E-state index contributed by atoms with van der Waals surface area (Å²) in [4.78, 5) is 16.9. The first-order valence-electron chi connectivity index (χ1n) is 8.17. The number of rotatable bonds is 6. The molecule has 2 N–H and O–H groups in total. The zero-order valence-electron chi connectivity index (χ0n) is 14.3. The number of aryl methyl sites for hydroxylation is 2. The molecule has 1 aliphatic heterocycles. The lowest BCUT2D eigenvalue weighted by Crippen LogP contribution is -2.48. The lowest BCUT2D eigenvalue weighted by molar-refractivity contribution is -0.121. The van der Waals surface area contributed by atoms with Crippen LogP contribution in [0.1, 0.15) is 36.7 Å². The van der Waals surface area contributed by atoms with Crippen LogP contribution >= 0.6 is 0 Å². The van der Waals surface area contributed by atoms with Gasteiger partial charge < -0.3 is 10.2 Å². The van der Waals surface area contributed by atoms with E-state index in [2.05, 4.69) is 39.3 Å². The fourth-order valence-electron chi connectivity index (χ4n) is 2.90. The van der Waals surface area contributed by atoms with Gasteiger partial charge in [-0.15, -0.1) is 0 Å². The van der Waals surface area contributed by atoms with E-state index in [1.54, 1.807) is 0 Å². The maximum atomic E-state index is 12.0. The second-order valence-electron chi connectivity index (χ2n) is 6.42. The summed E-state index contributed by atoms with van der Waals surface area (Å²) in [6.45, 7) is 11.2. The molecule has 1 aromatic heterocycles. The molecule has 2 heterocycles. The number of carbonyl (C=O) groups is 1. The maximum Gasteiger partial charge on any atom is 0.220 e. The Morgan fingerprint density at radius 1 is 1.32 bits per heavy atom. The van der Waals surface area contributed by atoms with Crippen LogP contribution < -0.4 is 5.32 Å². The molecule has 6 nitrogen and oxygen atoms in total. The number of H-pyrrole nitrogens is 1. The molecule has 1 aliphatic rings. The highest BCUT2D eigenvalue weighted by Gasteiger charge is 2.19. The van der Waals surface area contributed by atoms with Gasteiger partial charge in [-0.25, -0.2) is 0 Å². The van der Waals surface area contributed by atoms with Crippen LogP contribution in [0.2, 0.25) is 0 Å². The van der Waals surface area contributed by atoms with E-state index in [-0.39, 0.29) is 5.91 Å². The fourth-order valence-corrected chi connectivity index (χ4v) is 2.90. The lowest BCUT2D eigenvalue weighted by Gasteiger charge is -2.36. The van der Waals surface area contributed by atoms with Crippen molar-refractivity contribution >= 4 is 5.91 Å². The molecule has 1 fully saturated rings. The smallest absolute Gasteiger partial charge is 0.220 e. The normalized spacial score (nSPS) is 18.4. The number of hydrogen-bond donors (Lipinski definition) is 2. The number of hydrogen-bond acceptors (Lipinski definition) is 4. The van der Waals surface area contributed by atoms with Crippen molar-refractivity contribution < 1.29 is 4.79 Å². The quantitative estimate of drug-likeness (QED) is 0.825. The van der Waals surface area contributed by atoms with Gasteiger partial charge in [0, 0.05) is 56.4 Å². The van der Waals surface area contributed by atoms with E-state index in [0.29, 0.717) is 19.0 Å². The molecule has 6 heteroatoms. The van der Waals surface area contributed by atoms with Gasteiger partial charge in [-0.3, -0.25) is 14.8 Å². The molecule has 1 amide bonds. The predicted octanol–water partition coefficient (Wildman–Crippen LogP) is 1.06. The third-order valence-electron chi connectivity index (χ3n) is 4.69. The molecule has 0 aromatic carbocycles. The Hall–Kier alpha value is -1.40. The summed E-state index contributed by atoms with van der Waals surface area (Å²) in [6.07, 6.45) is 1.50. The molecule has 0 saturated carbocycles. The first kappa shape index (κ1) is 17.0. The minimum atomic E-state index is 0.126. The number of amides is 1. The first-order valence-corrected chi connectivity index (χ1v) is 8.17. The highest BCUT2D eigenvalue weighted by atomic mass is 16.1. The third-order valence-corrected chi connectivity index (χ3v) is 4.69. The van der Waals surface area contributed by atoms with Crippen molar-refractivity contribution in [3.05, 3.63) is 17.0 Å². The molecule has 0 spiro atoms. The molecule has 0 unspecified atom stereocenters. The summed E-state index contributed by atoms with van der Waals surface area (Å²) >= 11 is 0. The van der Waals surface area contributed by atoms with Gasteiger partial charge in [0.25, 0.3) is 0 Å².